The number of piperidine rings is 1. The maximum absolute atomic E-state index is 13.1. The molecule has 1 fully saturated rings. The van der Waals surface area contributed by atoms with Crippen molar-refractivity contribution in [2.75, 3.05) is 13.1 Å². The van der Waals surface area contributed by atoms with Crippen LogP contribution >= 0.6 is 0 Å². The Labute approximate surface area is 190 Å². The molecule has 0 aromatic heterocycles. The van der Waals surface area contributed by atoms with Crippen molar-refractivity contribution in [2.45, 2.75) is 52.1 Å². The molecule has 2 unspecified atom stereocenters. The third-order valence-corrected chi connectivity index (χ3v) is 6.17. The van der Waals surface area contributed by atoms with Gasteiger partial charge in [0.05, 0.1) is 0 Å². The Balaban J connectivity index is 1.70. The first-order valence-electron chi connectivity index (χ1n) is 11.4. The van der Waals surface area contributed by atoms with Crippen molar-refractivity contribution in [3.63, 3.8) is 0 Å². The Hall–Kier alpha value is -3.15. The fourth-order valence-corrected chi connectivity index (χ4v) is 4.04. The maximum atomic E-state index is 13.1. The monoisotopic (exact) mass is 435 g/mol. The maximum Gasteiger partial charge on any atom is 0.253 e. The minimum absolute atomic E-state index is 0.00783. The first kappa shape index (κ1) is 23.5. The number of amides is 3. The van der Waals surface area contributed by atoms with Crippen molar-refractivity contribution in [1.29, 1.82) is 0 Å². The molecule has 2 N–H and O–H groups in total. The zero-order valence-electron chi connectivity index (χ0n) is 19.1. The van der Waals surface area contributed by atoms with Crippen LogP contribution in [0.15, 0.2) is 54.6 Å². The molecule has 1 aliphatic rings. The van der Waals surface area contributed by atoms with Crippen LogP contribution in [0.25, 0.3) is 0 Å². The summed E-state index contributed by atoms with van der Waals surface area (Å²) in [7, 11) is 0. The predicted octanol–water partition coefficient (Wildman–Crippen LogP) is 3.56. The summed E-state index contributed by atoms with van der Waals surface area (Å²) in [5.41, 5.74) is 2.21. The van der Waals surface area contributed by atoms with E-state index in [0.29, 0.717) is 37.1 Å². The van der Waals surface area contributed by atoms with Gasteiger partial charge in [-0.05, 0) is 63.3 Å². The number of rotatable bonds is 7. The van der Waals surface area contributed by atoms with E-state index >= 15 is 0 Å². The molecule has 3 amide bonds. The third-order valence-electron chi connectivity index (χ3n) is 6.17. The van der Waals surface area contributed by atoms with Crippen LogP contribution in [0.4, 0.5) is 0 Å². The molecule has 0 saturated carbocycles. The van der Waals surface area contributed by atoms with Crippen molar-refractivity contribution in [3.05, 3.63) is 71.3 Å². The smallest absolute Gasteiger partial charge is 0.253 e. The van der Waals surface area contributed by atoms with E-state index in [0.717, 1.165) is 12.0 Å². The topological polar surface area (TPSA) is 78.5 Å². The Kier molecular flexibility index (Phi) is 8.03. The third kappa shape index (κ3) is 5.96. The number of nitrogens with one attached hydrogen (secondary N) is 2. The van der Waals surface area contributed by atoms with Gasteiger partial charge in [0, 0.05) is 30.3 Å². The molecule has 2 aromatic rings. The molecule has 0 radical (unpaired) electrons. The minimum atomic E-state index is -0.633. The van der Waals surface area contributed by atoms with Gasteiger partial charge in [-0.2, -0.15) is 0 Å². The van der Waals surface area contributed by atoms with Gasteiger partial charge < -0.3 is 15.5 Å². The van der Waals surface area contributed by atoms with E-state index < -0.39 is 6.04 Å². The zero-order chi connectivity index (χ0) is 23.1. The summed E-state index contributed by atoms with van der Waals surface area (Å²) < 4.78 is 0. The Bertz CT molecular complexity index is 936. The van der Waals surface area contributed by atoms with E-state index in [2.05, 4.69) is 10.6 Å². The van der Waals surface area contributed by atoms with Crippen LogP contribution in [-0.2, 0) is 4.79 Å². The van der Waals surface area contributed by atoms with Gasteiger partial charge in [0.25, 0.3) is 11.8 Å². The number of benzene rings is 2. The quantitative estimate of drug-likeness (QED) is 0.698. The molecule has 1 saturated heterocycles. The molecule has 0 aliphatic carbocycles. The van der Waals surface area contributed by atoms with Gasteiger partial charge in [0.1, 0.15) is 6.04 Å². The van der Waals surface area contributed by atoms with Gasteiger partial charge in [-0.3, -0.25) is 14.4 Å². The van der Waals surface area contributed by atoms with E-state index in [-0.39, 0.29) is 29.7 Å². The lowest BCUT2D eigenvalue weighted by molar-refractivity contribution is -0.125. The summed E-state index contributed by atoms with van der Waals surface area (Å²) in [6.45, 7) is 7.03. The SMILES string of the molecule is CCC(C)NC(=O)C(NC(=O)c1cccc(C)c1)C1CCN(C(=O)c2ccccc2)CC1. The van der Waals surface area contributed by atoms with Gasteiger partial charge >= 0.3 is 0 Å². The van der Waals surface area contributed by atoms with Crippen LogP contribution in [0.3, 0.4) is 0 Å². The van der Waals surface area contributed by atoms with Crippen LogP contribution in [0.2, 0.25) is 0 Å². The van der Waals surface area contributed by atoms with E-state index in [9.17, 15) is 14.4 Å². The van der Waals surface area contributed by atoms with Crippen LogP contribution < -0.4 is 10.6 Å². The van der Waals surface area contributed by atoms with Crippen molar-refractivity contribution in [3.8, 4) is 0 Å². The molecule has 0 bridgehead atoms. The van der Waals surface area contributed by atoms with Crippen LogP contribution in [-0.4, -0.2) is 47.8 Å². The second-order valence-corrected chi connectivity index (χ2v) is 8.63. The Morgan fingerprint density at radius 1 is 0.969 bits per heavy atom. The van der Waals surface area contributed by atoms with Crippen molar-refractivity contribution in [1.82, 2.24) is 15.5 Å². The largest absolute Gasteiger partial charge is 0.352 e. The van der Waals surface area contributed by atoms with Crippen LogP contribution in [0.1, 0.15) is 59.4 Å². The standard InChI is InChI=1S/C26H33N3O3/c1-4-19(3)27-25(31)23(28-24(30)22-12-8-9-18(2)17-22)20-13-15-29(16-14-20)26(32)21-10-6-5-7-11-21/h5-12,17,19-20,23H,4,13-16H2,1-3H3,(H,27,31)(H,28,30). The van der Waals surface area contributed by atoms with Gasteiger partial charge in [-0.15, -0.1) is 0 Å². The highest BCUT2D eigenvalue weighted by molar-refractivity contribution is 5.98. The highest BCUT2D eigenvalue weighted by atomic mass is 16.2. The normalized spacial score (nSPS) is 16.2. The number of aryl methyl sites for hydroxylation is 1. The molecular weight excluding hydrogens is 402 g/mol. The van der Waals surface area contributed by atoms with Gasteiger partial charge in [0.2, 0.25) is 5.91 Å². The molecule has 2 atom stereocenters. The fraction of sp³-hybridized carbons (Fsp3) is 0.423. The predicted molar refractivity (Wildman–Crippen MR) is 125 cm³/mol. The van der Waals surface area contributed by atoms with E-state index in [1.54, 1.807) is 6.07 Å². The summed E-state index contributed by atoms with van der Waals surface area (Å²) in [5, 5.41) is 6.00. The summed E-state index contributed by atoms with van der Waals surface area (Å²) in [5.74, 6) is -0.435. The lowest BCUT2D eigenvalue weighted by Gasteiger charge is -2.36. The van der Waals surface area contributed by atoms with Crippen molar-refractivity contribution in [2.24, 2.45) is 5.92 Å². The summed E-state index contributed by atoms with van der Waals surface area (Å²) in [6, 6.07) is 16.0. The number of hydrogen-bond donors (Lipinski definition) is 2. The zero-order valence-corrected chi connectivity index (χ0v) is 19.1. The number of nitrogens with zero attached hydrogens (tertiary/aromatic N) is 1. The van der Waals surface area contributed by atoms with Crippen molar-refractivity contribution < 1.29 is 14.4 Å². The second kappa shape index (κ2) is 10.9. The van der Waals surface area contributed by atoms with Crippen LogP contribution in [0, 0.1) is 12.8 Å². The van der Waals surface area contributed by atoms with Crippen molar-refractivity contribution >= 4 is 17.7 Å². The molecule has 170 valence electrons. The molecule has 3 rings (SSSR count). The molecule has 0 spiro atoms. The number of hydrogen-bond acceptors (Lipinski definition) is 3. The fourth-order valence-electron chi connectivity index (χ4n) is 4.04. The average Bonchev–Trinajstić information content (AvgIpc) is 2.82. The summed E-state index contributed by atoms with van der Waals surface area (Å²) in [4.78, 5) is 40.6. The van der Waals surface area contributed by atoms with Gasteiger partial charge in [-0.25, -0.2) is 0 Å². The molecular formula is C26H33N3O3. The average molecular weight is 436 g/mol. The van der Waals surface area contributed by atoms with Gasteiger partial charge in [-0.1, -0.05) is 42.8 Å². The number of likely N-dealkylation sites (tertiary alicyclic amines) is 1. The highest BCUT2D eigenvalue weighted by Crippen LogP contribution is 2.23. The Morgan fingerprint density at radius 2 is 1.62 bits per heavy atom. The molecule has 1 aliphatic heterocycles. The molecule has 32 heavy (non-hydrogen) atoms. The van der Waals surface area contributed by atoms with Crippen LogP contribution in [0.5, 0.6) is 0 Å². The highest BCUT2D eigenvalue weighted by Gasteiger charge is 2.34. The van der Waals surface area contributed by atoms with Gasteiger partial charge in [0.15, 0.2) is 0 Å². The molecule has 6 heteroatoms. The molecule has 2 aromatic carbocycles. The first-order chi connectivity index (χ1) is 15.4. The first-order valence-corrected chi connectivity index (χ1v) is 11.4. The summed E-state index contributed by atoms with van der Waals surface area (Å²) >= 11 is 0. The number of carbonyl (C=O) groups excluding carboxylic acids is 3. The minimum Gasteiger partial charge on any atom is -0.352 e. The lowest BCUT2D eigenvalue weighted by atomic mass is 9.88. The lowest BCUT2D eigenvalue weighted by Crippen LogP contribution is -2.55. The Morgan fingerprint density at radius 3 is 2.25 bits per heavy atom. The molecule has 6 nitrogen and oxygen atoms in total. The summed E-state index contributed by atoms with van der Waals surface area (Å²) in [6.07, 6.45) is 2.13. The second-order valence-electron chi connectivity index (χ2n) is 8.63. The number of carbonyl (C=O) groups is 3. The van der Waals surface area contributed by atoms with E-state index in [1.807, 2.05) is 74.2 Å². The van der Waals surface area contributed by atoms with E-state index in [4.69, 9.17) is 0 Å². The molecule has 1 heterocycles. The van der Waals surface area contributed by atoms with E-state index in [1.165, 1.54) is 0 Å².